The van der Waals surface area contributed by atoms with E-state index in [2.05, 4.69) is 26.0 Å². The van der Waals surface area contributed by atoms with Gasteiger partial charge in [0, 0.05) is 6.20 Å². The molecule has 2 aromatic heterocycles. The van der Waals surface area contributed by atoms with Crippen molar-refractivity contribution < 1.29 is 9.53 Å². The van der Waals surface area contributed by atoms with E-state index >= 15 is 0 Å². The molecule has 1 aromatic carbocycles. The Hall–Kier alpha value is -2.41. The van der Waals surface area contributed by atoms with E-state index < -0.39 is 0 Å². The molecule has 4 rings (SSSR count). The maximum atomic E-state index is 12.2. The molecule has 1 atom stereocenters. The van der Waals surface area contributed by atoms with Crippen molar-refractivity contribution >= 4 is 33.5 Å². The average molecular weight is 373 g/mol. The zero-order chi connectivity index (χ0) is 15.8. The maximum Gasteiger partial charge on any atom is 0.415 e. The van der Waals surface area contributed by atoms with Gasteiger partial charge in [-0.25, -0.2) is 14.3 Å². The maximum absolute atomic E-state index is 12.2. The van der Waals surface area contributed by atoms with E-state index in [1.165, 1.54) is 0 Å². The highest BCUT2D eigenvalue weighted by molar-refractivity contribution is 9.10. The molecule has 0 saturated carbocycles. The lowest BCUT2D eigenvalue weighted by Crippen LogP contribution is -2.35. The molecular weight excluding hydrogens is 360 g/mol. The van der Waals surface area contributed by atoms with Crippen LogP contribution in [0.2, 0.25) is 0 Å². The van der Waals surface area contributed by atoms with Gasteiger partial charge in [0.05, 0.1) is 16.7 Å². The number of benzene rings is 1. The van der Waals surface area contributed by atoms with E-state index in [0.717, 1.165) is 16.5 Å². The van der Waals surface area contributed by atoms with E-state index in [4.69, 9.17) is 4.74 Å². The van der Waals surface area contributed by atoms with Gasteiger partial charge in [0.15, 0.2) is 5.65 Å². The first-order chi connectivity index (χ1) is 11.2. The third-order valence-electron chi connectivity index (χ3n) is 3.83. The SMILES string of the molecule is O=C1OCC(Cc2ccccc2)N1c1ccn2ncc(Br)c2n1. The highest BCUT2D eigenvalue weighted by Crippen LogP contribution is 2.25. The Morgan fingerprint density at radius 3 is 2.91 bits per heavy atom. The third-order valence-corrected chi connectivity index (χ3v) is 4.39. The molecule has 1 aliphatic rings. The largest absolute Gasteiger partial charge is 0.447 e. The molecule has 0 spiro atoms. The number of halogens is 1. The van der Waals surface area contributed by atoms with Gasteiger partial charge in [-0.2, -0.15) is 5.10 Å². The molecule has 3 heterocycles. The van der Waals surface area contributed by atoms with Crippen LogP contribution < -0.4 is 4.90 Å². The fraction of sp³-hybridized carbons (Fsp3) is 0.188. The predicted molar refractivity (Wildman–Crippen MR) is 88.4 cm³/mol. The molecule has 7 heteroatoms. The summed E-state index contributed by atoms with van der Waals surface area (Å²) in [5.74, 6) is 0.571. The van der Waals surface area contributed by atoms with Crippen molar-refractivity contribution in [2.75, 3.05) is 11.5 Å². The van der Waals surface area contributed by atoms with Gasteiger partial charge in [-0.05, 0) is 34.0 Å². The minimum absolute atomic E-state index is 0.0680. The van der Waals surface area contributed by atoms with Crippen LogP contribution in [0.1, 0.15) is 5.56 Å². The summed E-state index contributed by atoms with van der Waals surface area (Å²) in [6.45, 7) is 0.362. The van der Waals surface area contributed by atoms with Crippen LogP contribution in [0.25, 0.3) is 5.65 Å². The second kappa shape index (κ2) is 5.66. The van der Waals surface area contributed by atoms with E-state index in [-0.39, 0.29) is 12.1 Å². The topological polar surface area (TPSA) is 59.7 Å². The summed E-state index contributed by atoms with van der Waals surface area (Å²) in [6, 6.07) is 11.8. The molecule has 0 bridgehead atoms. The fourth-order valence-corrected chi connectivity index (χ4v) is 3.11. The van der Waals surface area contributed by atoms with Crippen LogP contribution in [-0.4, -0.2) is 33.3 Å². The standard InChI is InChI=1S/C16H13BrN4O2/c17-13-9-18-20-7-6-14(19-15(13)20)21-12(10-23-16(21)22)8-11-4-2-1-3-5-11/h1-7,9,12H,8,10H2. The molecule has 1 aliphatic heterocycles. The number of hydrogen-bond acceptors (Lipinski definition) is 4. The number of ether oxygens (including phenoxy) is 1. The van der Waals surface area contributed by atoms with Gasteiger partial charge in [-0.1, -0.05) is 30.3 Å². The Balaban J connectivity index is 1.68. The normalized spacial score (nSPS) is 17.7. The lowest BCUT2D eigenvalue weighted by molar-refractivity contribution is 0.178. The molecule has 6 nitrogen and oxygen atoms in total. The monoisotopic (exact) mass is 372 g/mol. The first kappa shape index (κ1) is 14.2. The zero-order valence-corrected chi connectivity index (χ0v) is 13.7. The molecule has 0 radical (unpaired) electrons. The number of cyclic esters (lactones) is 1. The van der Waals surface area contributed by atoms with Crippen LogP contribution >= 0.6 is 15.9 Å². The predicted octanol–water partition coefficient (Wildman–Crippen LogP) is 3.06. The Morgan fingerprint density at radius 2 is 2.09 bits per heavy atom. The van der Waals surface area contributed by atoms with Gasteiger partial charge in [0.2, 0.25) is 0 Å². The molecule has 116 valence electrons. The Bertz CT molecular complexity index is 865. The number of rotatable bonds is 3. The van der Waals surface area contributed by atoms with Gasteiger partial charge in [0.25, 0.3) is 0 Å². The number of fused-ring (bicyclic) bond motifs is 1. The number of carbonyl (C=O) groups is 1. The Labute approximate surface area is 140 Å². The molecule has 1 fully saturated rings. The van der Waals surface area contributed by atoms with E-state index in [1.54, 1.807) is 27.9 Å². The number of carbonyl (C=O) groups excluding carboxylic acids is 1. The highest BCUT2D eigenvalue weighted by atomic mass is 79.9. The molecule has 23 heavy (non-hydrogen) atoms. The van der Waals surface area contributed by atoms with Gasteiger partial charge >= 0.3 is 6.09 Å². The van der Waals surface area contributed by atoms with Gasteiger partial charge in [-0.15, -0.1) is 0 Å². The first-order valence-corrected chi connectivity index (χ1v) is 8.01. The van der Waals surface area contributed by atoms with Crippen molar-refractivity contribution in [3.8, 4) is 0 Å². The molecule has 1 amide bonds. The highest BCUT2D eigenvalue weighted by Gasteiger charge is 2.35. The number of hydrogen-bond donors (Lipinski definition) is 0. The van der Waals surface area contributed by atoms with Crippen molar-refractivity contribution in [1.82, 2.24) is 14.6 Å². The van der Waals surface area contributed by atoms with Crippen LogP contribution in [0, 0.1) is 0 Å². The molecule has 0 aliphatic carbocycles. The van der Waals surface area contributed by atoms with E-state index in [1.807, 2.05) is 30.3 Å². The van der Waals surface area contributed by atoms with E-state index in [9.17, 15) is 4.79 Å². The van der Waals surface area contributed by atoms with Crippen molar-refractivity contribution in [1.29, 1.82) is 0 Å². The molecular formula is C16H13BrN4O2. The summed E-state index contributed by atoms with van der Waals surface area (Å²) in [7, 11) is 0. The van der Waals surface area contributed by atoms with Crippen molar-refractivity contribution in [2.24, 2.45) is 0 Å². The Kier molecular flexibility index (Phi) is 3.49. The second-order valence-corrected chi connectivity index (χ2v) is 6.19. The second-order valence-electron chi connectivity index (χ2n) is 5.34. The van der Waals surface area contributed by atoms with Gasteiger partial charge in [0.1, 0.15) is 12.4 Å². The summed E-state index contributed by atoms with van der Waals surface area (Å²) in [6.07, 6.45) is 3.82. The van der Waals surface area contributed by atoms with Crippen LogP contribution in [0.4, 0.5) is 10.6 Å². The number of amides is 1. The number of nitrogens with zero attached hydrogens (tertiary/aromatic N) is 4. The smallest absolute Gasteiger partial charge is 0.415 e. The van der Waals surface area contributed by atoms with Crippen LogP contribution in [-0.2, 0) is 11.2 Å². The van der Waals surface area contributed by atoms with Gasteiger partial charge in [-0.3, -0.25) is 4.90 Å². The fourth-order valence-electron chi connectivity index (χ4n) is 2.74. The molecule has 1 unspecified atom stereocenters. The summed E-state index contributed by atoms with van der Waals surface area (Å²) in [5, 5.41) is 4.16. The lowest BCUT2D eigenvalue weighted by atomic mass is 10.1. The quantitative estimate of drug-likeness (QED) is 0.708. The van der Waals surface area contributed by atoms with Crippen molar-refractivity contribution in [3.63, 3.8) is 0 Å². The van der Waals surface area contributed by atoms with Crippen molar-refractivity contribution in [2.45, 2.75) is 12.5 Å². The summed E-state index contributed by atoms with van der Waals surface area (Å²) in [5.41, 5.74) is 1.83. The summed E-state index contributed by atoms with van der Waals surface area (Å²) in [4.78, 5) is 18.3. The molecule has 3 aromatic rings. The lowest BCUT2D eigenvalue weighted by Gasteiger charge is -2.20. The zero-order valence-electron chi connectivity index (χ0n) is 12.1. The minimum Gasteiger partial charge on any atom is -0.447 e. The van der Waals surface area contributed by atoms with Crippen molar-refractivity contribution in [3.05, 3.63) is 58.8 Å². The third kappa shape index (κ3) is 2.57. The summed E-state index contributed by atoms with van der Waals surface area (Å²) >= 11 is 3.41. The molecule has 0 N–H and O–H groups in total. The number of anilines is 1. The molecule has 1 saturated heterocycles. The average Bonchev–Trinajstić information content (AvgIpc) is 3.12. The van der Waals surface area contributed by atoms with Crippen LogP contribution in [0.5, 0.6) is 0 Å². The number of aromatic nitrogens is 3. The minimum atomic E-state index is -0.363. The van der Waals surface area contributed by atoms with E-state index in [0.29, 0.717) is 18.1 Å². The Morgan fingerprint density at radius 1 is 1.26 bits per heavy atom. The van der Waals surface area contributed by atoms with Crippen LogP contribution in [0.15, 0.2) is 53.3 Å². The first-order valence-electron chi connectivity index (χ1n) is 7.22. The van der Waals surface area contributed by atoms with Crippen LogP contribution in [0.3, 0.4) is 0 Å². The van der Waals surface area contributed by atoms with Gasteiger partial charge < -0.3 is 4.74 Å². The summed E-state index contributed by atoms with van der Waals surface area (Å²) < 4.78 is 7.68.